The van der Waals surface area contributed by atoms with Gasteiger partial charge in [-0.15, -0.1) is 0 Å². The molecule has 0 radical (unpaired) electrons. The molecule has 0 aromatic rings. The highest BCUT2D eigenvalue weighted by atomic mass is 16.2. The Kier molecular flexibility index (Phi) is 3.54. The van der Waals surface area contributed by atoms with Crippen molar-refractivity contribution in [3.05, 3.63) is 0 Å². The number of urea groups is 1. The summed E-state index contributed by atoms with van der Waals surface area (Å²) in [5.74, 6) is 0. The minimum Gasteiger partial charge on any atom is -0.323 e. The van der Waals surface area contributed by atoms with Crippen LogP contribution in [-0.2, 0) is 0 Å². The molecule has 0 aromatic heterocycles. The number of likely N-dealkylation sites (N-methyl/N-ethyl adjacent to an activating group) is 2. The lowest BCUT2D eigenvalue weighted by atomic mass is 10.2. The third-order valence-electron chi connectivity index (χ3n) is 2.66. The number of nitrogens with zero attached hydrogens (tertiary/aromatic N) is 2. The predicted octanol–water partition coefficient (Wildman–Crippen LogP) is 0.352. The van der Waals surface area contributed by atoms with Crippen molar-refractivity contribution in [2.45, 2.75) is 19.4 Å². The van der Waals surface area contributed by atoms with Gasteiger partial charge in [-0.1, -0.05) is 0 Å². The Morgan fingerprint density at radius 3 is 2.77 bits per heavy atom. The molecule has 1 fully saturated rings. The molecule has 0 saturated carbocycles. The first-order valence-electron chi connectivity index (χ1n) is 4.87. The van der Waals surface area contributed by atoms with Gasteiger partial charge in [-0.2, -0.15) is 0 Å². The van der Waals surface area contributed by atoms with Crippen molar-refractivity contribution < 1.29 is 4.79 Å². The molecule has 1 N–H and O–H groups in total. The zero-order valence-corrected chi connectivity index (χ0v) is 8.71. The maximum Gasteiger partial charge on any atom is 0.320 e. The van der Waals surface area contributed by atoms with Gasteiger partial charge in [0.05, 0.1) is 6.04 Å². The summed E-state index contributed by atoms with van der Waals surface area (Å²) in [5, 5.41) is 3.11. The van der Waals surface area contributed by atoms with Gasteiger partial charge in [0.15, 0.2) is 0 Å². The van der Waals surface area contributed by atoms with E-state index in [-0.39, 0.29) is 6.03 Å². The maximum atomic E-state index is 11.5. The number of nitrogens with one attached hydrogen (secondary N) is 1. The van der Waals surface area contributed by atoms with Crippen molar-refractivity contribution in [3.8, 4) is 0 Å². The van der Waals surface area contributed by atoms with Gasteiger partial charge in [-0.05, 0) is 26.9 Å². The van der Waals surface area contributed by atoms with Crippen LogP contribution >= 0.6 is 0 Å². The lowest BCUT2D eigenvalue weighted by molar-refractivity contribution is 0.196. The molecule has 0 aromatic carbocycles. The van der Waals surface area contributed by atoms with E-state index in [1.54, 1.807) is 0 Å². The summed E-state index contributed by atoms with van der Waals surface area (Å²) < 4.78 is 0. The molecule has 1 atom stereocenters. The monoisotopic (exact) mass is 185 g/mol. The summed E-state index contributed by atoms with van der Waals surface area (Å²) in [6, 6.07) is 0.559. The number of carbonyl (C=O) groups is 1. The van der Waals surface area contributed by atoms with Crippen LogP contribution in [0, 0.1) is 0 Å². The van der Waals surface area contributed by atoms with Gasteiger partial charge in [0.25, 0.3) is 0 Å². The minimum absolute atomic E-state index is 0.170. The first-order valence-corrected chi connectivity index (χ1v) is 4.87. The zero-order valence-electron chi connectivity index (χ0n) is 8.71. The lowest BCUT2D eigenvalue weighted by Gasteiger charge is -2.16. The van der Waals surface area contributed by atoms with Crippen LogP contribution < -0.4 is 5.32 Å². The van der Waals surface area contributed by atoms with Crippen LogP contribution in [0.1, 0.15) is 13.3 Å². The molecule has 2 amide bonds. The molecule has 1 rings (SSSR count). The van der Waals surface area contributed by atoms with Crippen molar-refractivity contribution >= 4 is 6.03 Å². The number of carbonyl (C=O) groups excluding carboxylic acids is 1. The molecule has 1 unspecified atom stereocenters. The van der Waals surface area contributed by atoms with Crippen molar-refractivity contribution in [1.82, 2.24) is 15.1 Å². The second-order valence-electron chi connectivity index (χ2n) is 3.48. The smallest absolute Gasteiger partial charge is 0.320 e. The summed E-state index contributed by atoms with van der Waals surface area (Å²) in [5.41, 5.74) is 0. The van der Waals surface area contributed by atoms with Crippen LogP contribution in [-0.4, -0.2) is 55.6 Å². The van der Waals surface area contributed by atoms with Crippen molar-refractivity contribution in [3.63, 3.8) is 0 Å². The third kappa shape index (κ3) is 2.12. The van der Waals surface area contributed by atoms with Gasteiger partial charge in [0.1, 0.15) is 0 Å². The molecule has 4 heteroatoms. The van der Waals surface area contributed by atoms with E-state index < -0.39 is 0 Å². The first kappa shape index (κ1) is 10.3. The Morgan fingerprint density at radius 1 is 1.62 bits per heavy atom. The average Bonchev–Trinajstić information content (AvgIpc) is 2.41. The molecule has 0 spiro atoms. The highest BCUT2D eigenvalue weighted by Gasteiger charge is 2.32. The van der Waals surface area contributed by atoms with Crippen LogP contribution in [0.15, 0.2) is 0 Å². The van der Waals surface area contributed by atoms with E-state index in [0.29, 0.717) is 6.04 Å². The average molecular weight is 185 g/mol. The molecule has 1 aliphatic heterocycles. The molecule has 1 saturated heterocycles. The number of amides is 2. The SMILES string of the molecule is CCN1CC(CCNC)N(C)C1=O. The van der Waals surface area contributed by atoms with Gasteiger partial charge in [-0.25, -0.2) is 4.79 Å². The van der Waals surface area contributed by atoms with Crippen LogP contribution in [0.2, 0.25) is 0 Å². The van der Waals surface area contributed by atoms with Crippen LogP contribution in [0.25, 0.3) is 0 Å². The number of hydrogen-bond acceptors (Lipinski definition) is 2. The lowest BCUT2D eigenvalue weighted by Crippen LogP contribution is -2.32. The van der Waals surface area contributed by atoms with E-state index in [1.165, 1.54) is 0 Å². The Labute approximate surface area is 79.9 Å². The fraction of sp³-hybridized carbons (Fsp3) is 0.889. The largest absolute Gasteiger partial charge is 0.323 e. The zero-order chi connectivity index (χ0) is 9.84. The van der Waals surface area contributed by atoms with Gasteiger partial charge < -0.3 is 15.1 Å². The fourth-order valence-corrected chi connectivity index (χ4v) is 1.69. The second-order valence-corrected chi connectivity index (χ2v) is 3.48. The van der Waals surface area contributed by atoms with Crippen LogP contribution in [0.3, 0.4) is 0 Å². The standard InChI is InChI=1S/C9H19N3O/c1-4-12-7-8(5-6-10-2)11(3)9(12)13/h8,10H,4-7H2,1-3H3. The van der Waals surface area contributed by atoms with Gasteiger partial charge in [-0.3, -0.25) is 0 Å². The first-order chi connectivity index (χ1) is 6.20. The molecule has 13 heavy (non-hydrogen) atoms. The van der Waals surface area contributed by atoms with Crippen molar-refractivity contribution in [2.75, 3.05) is 33.7 Å². The highest BCUT2D eigenvalue weighted by Crippen LogP contribution is 2.15. The fourth-order valence-electron chi connectivity index (χ4n) is 1.69. The normalized spacial score (nSPS) is 23.0. The summed E-state index contributed by atoms with van der Waals surface area (Å²) >= 11 is 0. The molecule has 0 aliphatic carbocycles. The molecule has 4 nitrogen and oxygen atoms in total. The van der Waals surface area contributed by atoms with E-state index >= 15 is 0 Å². The Bertz CT molecular complexity index is 184. The van der Waals surface area contributed by atoms with E-state index in [1.807, 2.05) is 30.8 Å². The van der Waals surface area contributed by atoms with Gasteiger partial charge >= 0.3 is 6.03 Å². The van der Waals surface area contributed by atoms with Crippen LogP contribution in [0.4, 0.5) is 4.79 Å². The quantitative estimate of drug-likeness (QED) is 0.686. The summed E-state index contributed by atoms with van der Waals surface area (Å²) in [4.78, 5) is 15.3. The highest BCUT2D eigenvalue weighted by molar-refractivity contribution is 5.76. The summed E-state index contributed by atoms with van der Waals surface area (Å²) in [6.45, 7) is 4.69. The molecule has 1 heterocycles. The van der Waals surface area contributed by atoms with E-state index in [2.05, 4.69) is 5.32 Å². The molecular weight excluding hydrogens is 166 g/mol. The third-order valence-corrected chi connectivity index (χ3v) is 2.66. The topological polar surface area (TPSA) is 35.6 Å². The second kappa shape index (κ2) is 4.46. The Balaban J connectivity index is 2.45. The predicted molar refractivity (Wildman–Crippen MR) is 52.7 cm³/mol. The molecule has 0 bridgehead atoms. The van der Waals surface area contributed by atoms with E-state index in [9.17, 15) is 4.79 Å². The minimum atomic E-state index is 0.170. The summed E-state index contributed by atoms with van der Waals surface area (Å²) in [6.07, 6.45) is 1.04. The van der Waals surface area contributed by atoms with Gasteiger partial charge in [0, 0.05) is 20.1 Å². The number of hydrogen-bond donors (Lipinski definition) is 1. The van der Waals surface area contributed by atoms with E-state index in [4.69, 9.17) is 0 Å². The summed E-state index contributed by atoms with van der Waals surface area (Å²) in [7, 11) is 3.83. The van der Waals surface area contributed by atoms with Crippen LogP contribution in [0.5, 0.6) is 0 Å². The van der Waals surface area contributed by atoms with Gasteiger partial charge in [0.2, 0.25) is 0 Å². The number of rotatable bonds is 4. The van der Waals surface area contributed by atoms with Crippen molar-refractivity contribution in [2.24, 2.45) is 0 Å². The Hall–Kier alpha value is -0.770. The molecule has 76 valence electrons. The molecule has 1 aliphatic rings. The van der Waals surface area contributed by atoms with Crippen molar-refractivity contribution in [1.29, 1.82) is 0 Å². The van der Waals surface area contributed by atoms with E-state index in [0.717, 1.165) is 26.1 Å². The Morgan fingerprint density at radius 2 is 2.31 bits per heavy atom. The maximum absolute atomic E-state index is 11.5. The molecular formula is C9H19N3O.